The molecule has 2 aromatic carbocycles. The van der Waals surface area contributed by atoms with Gasteiger partial charge in [0.25, 0.3) is 11.5 Å². The number of ether oxygens (including phenoxy) is 1. The number of rotatable bonds is 8. The number of hydroxylamine groups is 1. The number of hydrogen-bond acceptors (Lipinski definition) is 6. The number of fused-ring (bicyclic) bond motifs is 1. The van der Waals surface area contributed by atoms with Gasteiger partial charge in [-0.15, -0.1) is 0 Å². The molecule has 186 valence electrons. The van der Waals surface area contributed by atoms with Crippen molar-refractivity contribution in [2.45, 2.75) is 31.2 Å². The predicted molar refractivity (Wildman–Crippen MR) is 137 cm³/mol. The van der Waals surface area contributed by atoms with Crippen molar-refractivity contribution in [1.29, 1.82) is 0 Å². The zero-order valence-corrected chi connectivity index (χ0v) is 20.8. The van der Waals surface area contributed by atoms with Gasteiger partial charge >= 0.3 is 0 Å². The zero-order chi connectivity index (χ0) is 25.0. The van der Waals surface area contributed by atoms with Crippen molar-refractivity contribution in [1.82, 2.24) is 14.9 Å². The molecule has 2 N–H and O–H groups in total. The Morgan fingerprint density at radius 2 is 1.80 bits per heavy atom. The van der Waals surface area contributed by atoms with Gasteiger partial charge in [0, 0.05) is 54.8 Å². The van der Waals surface area contributed by atoms with Crippen molar-refractivity contribution in [3.05, 3.63) is 70.6 Å². The van der Waals surface area contributed by atoms with Gasteiger partial charge in [0.15, 0.2) is 0 Å². The minimum atomic E-state index is -1.53. The van der Waals surface area contributed by atoms with E-state index in [2.05, 4.69) is 29.2 Å². The van der Waals surface area contributed by atoms with Crippen LogP contribution in [0, 0.1) is 0 Å². The molecule has 1 aromatic heterocycles. The Morgan fingerprint density at radius 1 is 1.11 bits per heavy atom. The summed E-state index contributed by atoms with van der Waals surface area (Å²) in [5.41, 5.74) is 4.78. The molecule has 0 spiro atoms. The van der Waals surface area contributed by atoms with E-state index in [1.807, 2.05) is 24.3 Å². The largest absolute Gasteiger partial charge is 0.379 e. The third-order valence-electron chi connectivity index (χ3n) is 6.82. The lowest BCUT2D eigenvalue weighted by molar-refractivity contribution is -0.131. The fourth-order valence-electron chi connectivity index (χ4n) is 4.30. The highest BCUT2D eigenvalue weighted by atomic mass is 32.2. The van der Waals surface area contributed by atoms with Gasteiger partial charge in [-0.3, -0.25) is 23.9 Å². The summed E-state index contributed by atoms with van der Waals surface area (Å²) in [5.74, 6) is -0.729. The summed E-state index contributed by atoms with van der Waals surface area (Å²) in [6.45, 7) is 6.09. The highest BCUT2D eigenvalue weighted by Crippen LogP contribution is 2.25. The molecule has 0 bridgehead atoms. The van der Waals surface area contributed by atoms with Crippen LogP contribution in [-0.4, -0.2) is 62.1 Å². The number of nitrogens with zero attached hydrogens (tertiary/aromatic N) is 2. The lowest BCUT2D eigenvalue weighted by atomic mass is 10.0. The van der Waals surface area contributed by atoms with Gasteiger partial charge in [0.1, 0.15) is 4.75 Å². The van der Waals surface area contributed by atoms with Crippen molar-refractivity contribution in [2.24, 2.45) is 0 Å². The van der Waals surface area contributed by atoms with Crippen LogP contribution in [0.2, 0.25) is 0 Å². The minimum Gasteiger partial charge on any atom is -0.379 e. The molecule has 4 rings (SSSR count). The smallest absolute Gasteiger partial charge is 0.261 e. The summed E-state index contributed by atoms with van der Waals surface area (Å²) in [7, 11) is -1.53. The number of benzene rings is 2. The number of hydrogen-bond donors (Lipinski definition) is 2. The average molecular weight is 498 g/mol. The molecule has 1 aliphatic rings. The average Bonchev–Trinajstić information content (AvgIpc) is 2.88. The maximum absolute atomic E-state index is 13.1. The number of aryl methyl sites for hydroxylation is 1. The number of pyridine rings is 1. The lowest BCUT2D eigenvalue weighted by Crippen LogP contribution is -2.47. The molecule has 8 nitrogen and oxygen atoms in total. The number of aromatic nitrogens is 1. The Bertz CT molecular complexity index is 1280. The van der Waals surface area contributed by atoms with Crippen LogP contribution in [0.4, 0.5) is 0 Å². The first-order chi connectivity index (χ1) is 16.8. The van der Waals surface area contributed by atoms with Gasteiger partial charge in [-0.1, -0.05) is 30.3 Å². The fraction of sp³-hybridized carbons (Fsp3) is 0.385. The van der Waals surface area contributed by atoms with E-state index in [0.29, 0.717) is 5.39 Å². The van der Waals surface area contributed by atoms with Gasteiger partial charge in [-0.05, 0) is 53.6 Å². The summed E-state index contributed by atoms with van der Waals surface area (Å²) in [4.78, 5) is 27.5. The standard InChI is InChI=1S/C26H31N3O5S/c1-26(35(2)33,25(31)27-32)10-12-29-11-9-22-17-21(7-8-23(22)24(29)30)20-5-3-19(4-6-20)18-28-13-15-34-16-14-28/h3-9,11,17,32H,10,12-16,18H2,1-2H3,(H,27,31)/t26-,35?/m1/s1. The molecule has 0 saturated carbocycles. The first-order valence-electron chi connectivity index (χ1n) is 11.6. The number of carbonyl (C=O) groups excluding carboxylic acids is 1. The minimum absolute atomic E-state index is 0.142. The van der Waals surface area contributed by atoms with Crippen LogP contribution in [0.3, 0.4) is 0 Å². The van der Waals surface area contributed by atoms with Crippen LogP contribution >= 0.6 is 0 Å². The Morgan fingerprint density at radius 3 is 2.46 bits per heavy atom. The molecule has 1 amide bonds. The lowest BCUT2D eigenvalue weighted by Gasteiger charge is -2.26. The van der Waals surface area contributed by atoms with Crippen LogP contribution in [0.25, 0.3) is 21.9 Å². The summed E-state index contributed by atoms with van der Waals surface area (Å²) in [6.07, 6.45) is 3.24. The Balaban J connectivity index is 1.51. The number of nitrogens with one attached hydrogen (secondary N) is 1. The molecule has 1 unspecified atom stereocenters. The first-order valence-corrected chi connectivity index (χ1v) is 13.2. The SMILES string of the molecule is CS(=O)[C@](C)(CCn1ccc2cc(-c3ccc(CN4CCOCC4)cc3)ccc2c1=O)C(=O)NO. The van der Waals surface area contributed by atoms with Crippen LogP contribution in [0.15, 0.2) is 59.5 Å². The summed E-state index contributed by atoms with van der Waals surface area (Å²) < 4.78 is 17.7. The zero-order valence-electron chi connectivity index (χ0n) is 20.0. The van der Waals surface area contributed by atoms with Gasteiger partial charge in [-0.25, -0.2) is 5.48 Å². The predicted octanol–water partition coefficient (Wildman–Crippen LogP) is 2.53. The van der Waals surface area contributed by atoms with E-state index >= 15 is 0 Å². The number of morpholine rings is 1. The van der Waals surface area contributed by atoms with Gasteiger partial charge in [-0.2, -0.15) is 0 Å². The van der Waals surface area contributed by atoms with Crippen molar-refractivity contribution in [3.8, 4) is 11.1 Å². The topological polar surface area (TPSA) is 101 Å². The second-order valence-corrected chi connectivity index (χ2v) is 10.9. The molecule has 1 aliphatic heterocycles. The molecular formula is C26H31N3O5S. The van der Waals surface area contributed by atoms with Gasteiger partial charge in [0.05, 0.1) is 13.2 Å². The maximum Gasteiger partial charge on any atom is 0.261 e. The number of amides is 1. The van der Waals surface area contributed by atoms with E-state index in [1.54, 1.807) is 11.7 Å². The van der Waals surface area contributed by atoms with E-state index in [9.17, 15) is 13.8 Å². The highest BCUT2D eigenvalue weighted by Gasteiger charge is 2.37. The normalized spacial score (nSPS) is 17.1. The first kappa shape index (κ1) is 25.2. The van der Waals surface area contributed by atoms with Crippen molar-refractivity contribution in [2.75, 3.05) is 32.6 Å². The molecule has 35 heavy (non-hydrogen) atoms. The Labute approximate surface area is 206 Å². The molecular weight excluding hydrogens is 466 g/mol. The summed E-state index contributed by atoms with van der Waals surface area (Å²) in [6, 6.07) is 16.1. The van der Waals surface area contributed by atoms with Gasteiger partial charge < -0.3 is 9.30 Å². The van der Waals surface area contributed by atoms with Crippen LogP contribution in [-0.2, 0) is 33.4 Å². The van der Waals surface area contributed by atoms with E-state index in [4.69, 9.17) is 9.94 Å². The number of carbonyl (C=O) groups is 1. The molecule has 2 heterocycles. The van der Waals surface area contributed by atoms with Crippen LogP contribution < -0.4 is 11.0 Å². The third kappa shape index (κ3) is 5.54. The summed E-state index contributed by atoms with van der Waals surface area (Å²) in [5, 5.41) is 10.4. The van der Waals surface area contributed by atoms with Gasteiger partial charge in [0.2, 0.25) is 0 Å². The quantitative estimate of drug-likeness (QED) is 0.366. The Kier molecular flexibility index (Phi) is 7.81. The van der Waals surface area contributed by atoms with Crippen molar-refractivity contribution in [3.63, 3.8) is 0 Å². The molecule has 1 fully saturated rings. The van der Waals surface area contributed by atoms with Crippen LogP contribution in [0.1, 0.15) is 18.9 Å². The molecule has 9 heteroatoms. The van der Waals surface area contributed by atoms with Crippen molar-refractivity contribution < 1.29 is 18.9 Å². The van der Waals surface area contributed by atoms with E-state index in [0.717, 1.165) is 49.4 Å². The fourth-order valence-corrected chi connectivity index (χ4v) is 4.99. The monoisotopic (exact) mass is 497 g/mol. The van der Waals surface area contributed by atoms with E-state index < -0.39 is 21.5 Å². The molecule has 3 aromatic rings. The van der Waals surface area contributed by atoms with Crippen molar-refractivity contribution >= 4 is 27.5 Å². The Hall–Kier alpha value is -2.85. The van der Waals surface area contributed by atoms with Crippen LogP contribution in [0.5, 0.6) is 0 Å². The second-order valence-electron chi connectivity index (χ2n) is 9.08. The third-order valence-corrected chi connectivity index (χ3v) is 8.48. The van der Waals surface area contributed by atoms with E-state index in [1.165, 1.54) is 23.3 Å². The molecule has 2 atom stereocenters. The van der Waals surface area contributed by atoms with E-state index in [-0.39, 0.29) is 18.5 Å². The molecule has 0 radical (unpaired) electrons. The summed E-state index contributed by atoms with van der Waals surface area (Å²) >= 11 is 0. The molecule has 1 saturated heterocycles. The molecule has 0 aliphatic carbocycles. The highest BCUT2D eigenvalue weighted by molar-refractivity contribution is 7.86. The second kappa shape index (κ2) is 10.8. The maximum atomic E-state index is 13.1.